The highest BCUT2D eigenvalue weighted by Gasteiger charge is 2.29. The third-order valence-electron chi connectivity index (χ3n) is 6.05. The fraction of sp³-hybridized carbons (Fsp3) is 0.345. The van der Waals surface area contributed by atoms with Gasteiger partial charge in [-0.15, -0.1) is 0 Å². The molecule has 0 atom stereocenters. The molecular formula is C29H37N5O3. The van der Waals surface area contributed by atoms with Gasteiger partial charge in [0.25, 0.3) is 0 Å². The molecule has 1 aliphatic rings. The fourth-order valence-corrected chi connectivity index (χ4v) is 4.13. The van der Waals surface area contributed by atoms with Gasteiger partial charge in [-0.1, -0.05) is 55.1 Å². The third kappa shape index (κ3) is 7.07. The van der Waals surface area contributed by atoms with Gasteiger partial charge in [0.2, 0.25) is 0 Å². The number of carbonyl (C=O) groups is 1. The van der Waals surface area contributed by atoms with Crippen LogP contribution in [0.5, 0.6) is 0 Å². The molecule has 3 rings (SSSR count). The van der Waals surface area contributed by atoms with Crippen LogP contribution >= 0.6 is 0 Å². The minimum absolute atomic E-state index is 0.201. The average Bonchev–Trinajstić information content (AvgIpc) is 2.88. The van der Waals surface area contributed by atoms with Crippen molar-refractivity contribution in [3.8, 4) is 0 Å². The van der Waals surface area contributed by atoms with E-state index < -0.39 is 11.7 Å². The Balaban J connectivity index is 2.22. The number of nitrogens with one attached hydrogen (secondary N) is 1. The molecule has 196 valence electrons. The lowest BCUT2D eigenvalue weighted by atomic mass is 10.1. The van der Waals surface area contributed by atoms with Crippen molar-refractivity contribution < 1.29 is 9.53 Å². The summed E-state index contributed by atoms with van der Waals surface area (Å²) in [6.45, 7) is 12.4. The highest BCUT2D eigenvalue weighted by Crippen LogP contribution is 2.29. The Hall–Kier alpha value is -3.91. The van der Waals surface area contributed by atoms with Gasteiger partial charge in [-0.3, -0.25) is 0 Å². The molecule has 0 radical (unpaired) electrons. The molecule has 0 spiro atoms. The normalized spacial score (nSPS) is 15.2. The smallest absolute Gasteiger partial charge is 0.355 e. The Morgan fingerprint density at radius 1 is 1.19 bits per heavy atom. The zero-order chi connectivity index (χ0) is 26.8. The number of allylic oxidation sites excluding steroid dienone is 7. The monoisotopic (exact) mass is 503 g/mol. The quantitative estimate of drug-likeness (QED) is 0.382. The average molecular weight is 504 g/mol. The highest BCUT2D eigenvalue weighted by molar-refractivity contribution is 6.01. The number of carbonyl (C=O) groups excluding carboxylic acids is 1. The van der Waals surface area contributed by atoms with Crippen LogP contribution in [0.4, 0.5) is 11.6 Å². The number of aromatic nitrogens is 2. The van der Waals surface area contributed by atoms with Gasteiger partial charge in [0.05, 0.1) is 12.3 Å². The van der Waals surface area contributed by atoms with Gasteiger partial charge in [0, 0.05) is 31.9 Å². The summed E-state index contributed by atoms with van der Waals surface area (Å²) in [5.74, 6) is 0.124. The van der Waals surface area contributed by atoms with Crippen LogP contribution in [0.3, 0.4) is 0 Å². The first-order valence-electron chi connectivity index (χ1n) is 12.6. The largest absolute Gasteiger partial charge is 0.462 e. The molecule has 8 heteroatoms. The molecule has 1 saturated heterocycles. The number of anilines is 2. The standard InChI is InChI=1S/C29H37N5O3/c1-6-12-24(13-7-2)34-27(30-22(4)16-17-23-14-10-9-11-15-23)25(28(35)37-8-3)26(31-29(34)36)33-20-18-32(5)19-21-33/h6-7,9-16,30H,1,8,17-21H2,2-5H3/b13-7-,22-16-,24-12+. The van der Waals surface area contributed by atoms with Crippen LogP contribution in [0.25, 0.3) is 5.70 Å². The number of hydrogen-bond donors (Lipinski definition) is 1. The maximum Gasteiger partial charge on any atom is 0.355 e. The minimum Gasteiger partial charge on any atom is -0.462 e. The second-order valence-corrected chi connectivity index (χ2v) is 8.82. The van der Waals surface area contributed by atoms with Crippen molar-refractivity contribution in [3.63, 3.8) is 0 Å². The van der Waals surface area contributed by atoms with Crippen molar-refractivity contribution in [2.24, 2.45) is 0 Å². The van der Waals surface area contributed by atoms with Crippen LogP contribution in [-0.4, -0.2) is 60.3 Å². The zero-order valence-electron chi connectivity index (χ0n) is 22.2. The first kappa shape index (κ1) is 27.7. The fourth-order valence-electron chi connectivity index (χ4n) is 4.13. The summed E-state index contributed by atoms with van der Waals surface area (Å²) in [6, 6.07) is 10.1. The molecule has 0 bridgehead atoms. The summed E-state index contributed by atoms with van der Waals surface area (Å²) in [5, 5.41) is 3.35. The molecule has 1 N–H and O–H groups in total. The SMILES string of the molecule is C=C/C=C(\C=C/C)n1c(N/C(C)=C\Cc2ccccc2)c(C(=O)OCC)c(N2CCN(C)CC2)nc1=O. The van der Waals surface area contributed by atoms with Crippen molar-refractivity contribution in [1.29, 1.82) is 0 Å². The molecule has 0 aliphatic carbocycles. The lowest BCUT2D eigenvalue weighted by molar-refractivity contribution is 0.0527. The van der Waals surface area contributed by atoms with E-state index in [1.165, 1.54) is 4.57 Å². The van der Waals surface area contributed by atoms with Gasteiger partial charge in [0.1, 0.15) is 11.4 Å². The first-order valence-corrected chi connectivity index (χ1v) is 12.6. The summed E-state index contributed by atoms with van der Waals surface area (Å²) in [4.78, 5) is 35.6. The molecule has 8 nitrogen and oxygen atoms in total. The van der Waals surface area contributed by atoms with Crippen LogP contribution < -0.4 is 15.9 Å². The molecule has 1 aromatic heterocycles. The van der Waals surface area contributed by atoms with Gasteiger partial charge in [-0.2, -0.15) is 4.98 Å². The lowest BCUT2D eigenvalue weighted by Crippen LogP contribution is -2.46. The van der Waals surface area contributed by atoms with E-state index in [1.807, 2.05) is 56.1 Å². The molecule has 0 saturated carbocycles. The van der Waals surface area contributed by atoms with Gasteiger partial charge >= 0.3 is 11.7 Å². The molecular weight excluding hydrogens is 466 g/mol. The van der Waals surface area contributed by atoms with Gasteiger partial charge in [-0.05, 0) is 52.0 Å². The number of benzene rings is 1. The molecule has 2 aromatic rings. The maximum absolute atomic E-state index is 13.5. The number of nitrogens with zero attached hydrogens (tertiary/aromatic N) is 4. The molecule has 1 fully saturated rings. The van der Waals surface area contributed by atoms with E-state index in [9.17, 15) is 9.59 Å². The van der Waals surface area contributed by atoms with Crippen molar-refractivity contribution in [3.05, 3.63) is 94.6 Å². The topological polar surface area (TPSA) is 79.7 Å². The van der Waals surface area contributed by atoms with Crippen molar-refractivity contribution >= 4 is 23.3 Å². The number of piperazine rings is 1. The number of hydrogen-bond acceptors (Lipinski definition) is 7. The Kier molecular flexibility index (Phi) is 10.0. The van der Waals surface area contributed by atoms with Crippen LogP contribution in [0.15, 0.2) is 77.8 Å². The van der Waals surface area contributed by atoms with Crippen molar-refractivity contribution in [2.45, 2.75) is 27.2 Å². The Labute approximate surface area is 219 Å². The summed E-state index contributed by atoms with van der Waals surface area (Å²) >= 11 is 0. The number of esters is 1. The molecule has 2 heterocycles. The van der Waals surface area contributed by atoms with E-state index >= 15 is 0 Å². The predicted octanol–water partition coefficient (Wildman–Crippen LogP) is 4.33. The van der Waals surface area contributed by atoms with Crippen LogP contribution in [0, 0.1) is 0 Å². The van der Waals surface area contributed by atoms with E-state index in [1.54, 1.807) is 25.2 Å². The molecule has 1 aromatic carbocycles. The van der Waals surface area contributed by atoms with Crippen LogP contribution in [0.1, 0.15) is 36.7 Å². The molecule has 1 aliphatic heterocycles. The van der Waals surface area contributed by atoms with Crippen molar-refractivity contribution in [2.75, 3.05) is 50.1 Å². The van der Waals surface area contributed by atoms with Gasteiger partial charge in [0.15, 0.2) is 5.82 Å². The molecule has 0 unspecified atom stereocenters. The Morgan fingerprint density at radius 3 is 2.51 bits per heavy atom. The summed E-state index contributed by atoms with van der Waals surface area (Å²) < 4.78 is 6.89. The predicted molar refractivity (Wildman–Crippen MR) is 151 cm³/mol. The van der Waals surface area contributed by atoms with Crippen LogP contribution in [0.2, 0.25) is 0 Å². The van der Waals surface area contributed by atoms with Crippen LogP contribution in [-0.2, 0) is 11.2 Å². The summed E-state index contributed by atoms with van der Waals surface area (Å²) in [5.41, 5.74) is 2.21. The minimum atomic E-state index is -0.533. The van der Waals surface area contributed by atoms with Crippen molar-refractivity contribution in [1.82, 2.24) is 14.5 Å². The summed E-state index contributed by atoms with van der Waals surface area (Å²) in [6.07, 6.45) is 9.64. The van der Waals surface area contributed by atoms with E-state index in [0.717, 1.165) is 24.4 Å². The lowest BCUT2D eigenvalue weighted by Gasteiger charge is -2.34. The Bertz CT molecular complexity index is 1240. The Morgan fingerprint density at radius 2 is 1.89 bits per heavy atom. The van der Waals surface area contributed by atoms with Gasteiger partial charge < -0.3 is 19.9 Å². The molecule has 0 amide bonds. The second-order valence-electron chi connectivity index (χ2n) is 8.82. The molecule has 37 heavy (non-hydrogen) atoms. The van der Waals surface area contributed by atoms with E-state index in [4.69, 9.17) is 4.74 Å². The van der Waals surface area contributed by atoms with E-state index in [0.29, 0.717) is 36.8 Å². The number of likely N-dealkylation sites (N-methyl/N-ethyl adjacent to an activating group) is 1. The highest BCUT2D eigenvalue weighted by atomic mass is 16.5. The van der Waals surface area contributed by atoms with E-state index in [2.05, 4.69) is 33.9 Å². The number of ether oxygens (including phenoxy) is 1. The maximum atomic E-state index is 13.5. The third-order valence-corrected chi connectivity index (χ3v) is 6.05. The number of rotatable bonds is 10. The van der Waals surface area contributed by atoms with E-state index in [-0.39, 0.29) is 12.2 Å². The second kappa shape index (κ2) is 13.4. The first-order chi connectivity index (χ1) is 17.9. The van der Waals surface area contributed by atoms with Gasteiger partial charge in [-0.25, -0.2) is 14.2 Å². The summed E-state index contributed by atoms with van der Waals surface area (Å²) in [7, 11) is 2.05. The zero-order valence-corrected chi connectivity index (χ0v) is 22.2.